The van der Waals surface area contributed by atoms with Gasteiger partial charge in [0, 0.05) is 39.0 Å². The quantitative estimate of drug-likeness (QED) is 0.0305. The molecule has 3 saturated heterocycles. The summed E-state index contributed by atoms with van der Waals surface area (Å²) in [4.78, 5) is 180. The van der Waals surface area contributed by atoms with Gasteiger partial charge in [-0.25, -0.2) is 9.59 Å². The van der Waals surface area contributed by atoms with Gasteiger partial charge in [-0.15, -0.1) is 0 Å². The van der Waals surface area contributed by atoms with Gasteiger partial charge in [0.05, 0.1) is 0 Å². The van der Waals surface area contributed by atoms with Crippen LogP contribution in [0.1, 0.15) is 172 Å². The SMILES string of the molecule is CC(C)C[C@@H]1NC(=O)[C@H](CCCNC(=O)OC(C)(C)C)NC(=O)[C@H](C(C)C)NC(=O)[C@@H]2CCCN2C(=O)[C@@H](Cc2ccc3ccc4cccc5ccc2c3c45)NC(=O)[C@H](CC(C)C)NC(=O)[C@H](CCCNC(=O)OC(C)(C)C)NC(=O)[C@H](C(C)C)NC(=O)[C@@H]2CCCN2C(=O)[C@@H](Cc2ccccc2)NC1=O. The van der Waals surface area contributed by atoms with Gasteiger partial charge in [0.1, 0.15) is 71.6 Å². The van der Waals surface area contributed by atoms with Crippen LogP contribution >= 0.6 is 0 Å². The van der Waals surface area contributed by atoms with Crippen molar-refractivity contribution in [1.29, 1.82) is 0 Å². The molecule has 3 fully saturated rings. The molecule has 8 rings (SSSR count). The van der Waals surface area contributed by atoms with Crippen molar-refractivity contribution in [3.05, 3.63) is 96.1 Å². The molecule has 0 saturated carbocycles. The van der Waals surface area contributed by atoms with E-state index in [2.05, 4.69) is 59.2 Å². The Morgan fingerprint density at radius 3 is 1.25 bits per heavy atom. The highest BCUT2D eigenvalue weighted by atomic mass is 16.6. The van der Waals surface area contributed by atoms with Crippen molar-refractivity contribution >= 4 is 104 Å². The normalized spacial score (nSPS) is 23.6. The first-order chi connectivity index (χ1) is 50.1. The number of amides is 12. The highest BCUT2D eigenvalue weighted by molar-refractivity contribution is 6.23. The average Bonchev–Trinajstić information content (AvgIpc) is 1.60. The molecular formula is C80H112N12O14. The highest BCUT2D eigenvalue weighted by Gasteiger charge is 2.44. The minimum atomic E-state index is -1.39. The van der Waals surface area contributed by atoms with Crippen LogP contribution in [-0.2, 0) is 70.3 Å². The maximum absolute atomic E-state index is 15.8. The summed E-state index contributed by atoms with van der Waals surface area (Å²) >= 11 is 0. The van der Waals surface area contributed by atoms with Gasteiger partial charge in [-0.2, -0.15) is 0 Å². The molecule has 12 amide bonds. The fourth-order valence-corrected chi connectivity index (χ4v) is 14.2. The van der Waals surface area contributed by atoms with E-state index >= 15 is 33.6 Å². The van der Waals surface area contributed by atoms with Crippen LogP contribution in [0.3, 0.4) is 0 Å². The van der Waals surface area contributed by atoms with Crippen LogP contribution in [0.15, 0.2) is 84.9 Å². The summed E-state index contributed by atoms with van der Waals surface area (Å²) in [5.74, 6) is -8.85. The summed E-state index contributed by atoms with van der Waals surface area (Å²) in [7, 11) is 0. The molecular weight excluding hydrogens is 1350 g/mol. The van der Waals surface area contributed by atoms with Crippen molar-refractivity contribution in [2.45, 2.75) is 246 Å². The third-order valence-corrected chi connectivity index (χ3v) is 19.3. The molecule has 576 valence electrons. The van der Waals surface area contributed by atoms with Crippen LogP contribution in [0.5, 0.6) is 0 Å². The van der Waals surface area contributed by atoms with E-state index in [0.29, 0.717) is 24.0 Å². The van der Waals surface area contributed by atoms with E-state index in [1.54, 1.807) is 99.6 Å². The molecule has 0 spiro atoms. The summed E-state index contributed by atoms with van der Waals surface area (Å²) in [5.41, 5.74) is -0.272. The molecule has 106 heavy (non-hydrogen) atoms. The van der Waals surface area contributed by atoms with E-state index in [1.807, 2.05) is 76.2 Å². The van der Waals surface area contributed by atoms with Gasteiger partial charge in [-0.1, -0.05) is 140 Å². The number of carbonyl (C=O) groups is 12. The Morgan fingerprint density at radius 1 is 0.434 bits per heavy atom. The lowest BCUT2D eigenvalue weighted by Gasteiger charge is -2.33. The Balaban J connectivity index is 1.20. The second kappa shape index (κ2) is 36.6. The highest BCUT2D eigenvalue weighted by Crippen LogP contribution is 2.37. The van der Waals surface area contributed by atoms with Crippen molar-refractivity contribution in [2.24, 2.45) is 23.7 Å². The third kappa shape index (κ3) is 22.5. The van der Waals surface area contributed by atoms with Gasteiger partial charge < -0.3 is 72.4 Å². The van der Waals surface area contributed by atoms with Gasteiger partial charge in [0.2, 0.25) is 59.1 Å². The fourth-order valence-electron chi connectivity index (χ4n) is 14.2. The number of alkyl carbamates (subject to hydrolysis) is 2. The number of rotatable bonds is 18. The molecule has 0 aliphatic carbocycles. The molecule has 10 N–H and O–H groups in total. The van der Waals surface area contributed by atoms with Gasteiger partial charge in [0.25, 0.3) is 0 Å². The lowest BCUT2D eigenvalue weighted by Crippen LogP contribution is -2.62. The molecule has 3 aliphatic heterocycles. The molecule has 5 aromatic rings. The number of carbonyl (C=O) groups excluding carboxylic acids is 12. The van der Waals surface area contributed by atoms with Crippen LogP contribution in [0.25, 0.3) is 32.3 Å². The Bertz CT molecular complexity index is 3940. The first-order valence-corrected chi connectivity index (χ1v) is 37.7. The third-order valence-electron chi connectivity index (χ3n) is 19.3. The molecule has 26 heteroatoms. The number of benzene rings is 5. The van der Waals surface area contributed by atoms with Crippen LogP contribution in [0, 0.1) is 23.7 Å². The van der Waals surface area contributed by atoms with E-state index in [4.69, 9.17) is 9.47 Å². The second-order valence-corrected chi connectivity index (χ2v) is 32.1. The molecule has 0 aromatic heterocycles. The van der Waals surface area contributed by atoms with Crippen LogP contribution in [0.2, 0.25) is 0 Å². The number of nitrogens with one attached hydrogen (secondary N) is 10. The largest absolute Gasteiger partial charge is 0.444 e. The molecule has 0 radical (unpaired) electrons. The minimum absolute atomic E-state index is 0.00522. The zero-order valence-electron chi connectivity index (χ0n) is 64.1. The predicted octanol–water partition coefficient (Wildman–Crippen LogP) is 7.26. The number of hydrogen-bond donors (Lipinski definition) is 10. The van der Waals surface area contributed by atoms with Crippen LogP contribution in [0.4, 0.5) is 9.59 Å². The number of nitrogens with zero attached hydrogens (tertiary/aromatic N) is 2. The van der Waals surface area contributed by atoms with Crippen molar-refractivity contribution in [2.75, 3.05) is 26.2 Å². The zero-order valence-corrected chi connectivity index (χ0v) is 64.1. The van der Waals surface area contributed by atoms with Crippen molar-refractivity contribution in [3.63, 3.8) is 0 Å². The Labute approximate surface area is 622 Å². The molecule has 0 bridgehead atoms. The summed E-state index contributed by atoms with van der Waals surface area (Å²) in [6.07, 6.45) is -0.279. The summed E-state index contributed by atoms with van der Waals surface area (Å²) in [6, 6.07) is 13.9. The zero-order chi connectivity index (χ0) is 77.5. The fraction of sp³-hybridized carbons (Fsp3) is 0.575. The van der Waals surface area contributed by atoms with E-state index in [0.717, 1.165) is 32.3 Å². The van der Waals surface area contributed by atoms with Gasteiger partial charge in [-0.3, -0.25) is 47.9 Å². The van der Waals surface area contributed by atoms with E-state index in [-0.39, 0.29) is 102 Å². The molecule has 3 heterocycles. The van der Waals surface area contributed by atoms with Crippen molar-refractivity contribution in [1.82, 2.24) is 63.0 Å². The maximum Gasteiger partial charge on any atom is 0.407 e. The first kappa shape index (κ1) is 82.0. The summed E-state index contributed by atoms with van der Waals surface area (Å²) < 4.78 is 10.9. The monoisotopic (exact) mass is 1460 g/mol. The second-order valence-electron chi connectivity index (χ2n) is 32.1. The van der Waals surface area contributed by atoms with E-state index in [9.17, 15) is 24.0 Å². The molecule has 26 nitrogen and oxygen atoms in total. The summed E-state index contributed by atoms with van der Waals surface area (Å²) in [6.45, 7) is 24.7. The Morgan fingerprint density at radius 2 is 0.821 bits per heavy atom. The van der Waals surface area contributed by atoms with Crippen molar-refractivity contribution < 1.29 is 67.0 Å². The van der Waals surface area contributed by atoms with E-state index < -0.39 is 155 Å². The predicted molar refractivity (Wildman–Crippen MR) is 404 cm³/mol. The Hall–Kier alpha value is -9.62. The lowest BCUT2D eigenvalue weighted by atomic mass is 9.90. The Kier molecular flexibility index (Phi) is 28.3. The lowest BCUT2D eigenvalue weighted by molar-refractivity contribution is -0.143. The maximum atomic E-state index is 15.8. The number of hydrogen-bond acceptors (Lipinski definition) is 14. The molecule has 0 unspecified atom stereocenters. The smallest absolute Gasteiger partial charge is 0.407 e. The number of ether oxygens (including phenoxy) is 2. The van der Waals surface area contributed by atoms with Gasteiger partial charge in [0.15, 0.2) is 0 Å². The van der Waals surface area contributed by atoms with Crippen LogP contribution in [-0.4, -0.2) is 179 Å². The molecule has 5 aromatic carbocycles. The standard InChI is InChI=1S/C80H112N12O14/c1-45(2)41-57-69(95)87-59(43-49-23-16-15-17-24-49)75(101)91-39-21-29-61(91)71(97)89-65(47(5)6)73(99)84-56(28-20-38-82-78(104)106-80(12,13)14)68(94)86-58(42-46(3)4)70(96)88-60(44-53-34-33-52-32-31-50-25-18-26-51-35-36-54(53)64(52)63(50)51)76(102)92-40-22-30-62(92)72(98)90-66(48(7)8)74(100)83-55(67(93)85-57)27-19-37-81-77(103)105-79(9,10)11/h15-18,23-26,31-36,45-48,55-62,65-66H,19-22,27-30,37-44H2,1-14H3,(H,81,103)(H,82,104)(H,83,100)(H,84,99)(H,85,93)(H,86,94)(H,87,95)(H,88,96)(H,89,97)(H,90,98)/t55-,56-,57-,58-,59+,60+,61-,62-,65-,66-/m0/s1. The minimum Gasteiger partial charge on any atom is -0.444 e. The average molecular weight is 1470 g/mol. The van der Waals surface area contributed by atoms with E-state index in [1.165, 1.54) is 9.80 Å². The first-order valence-electron chi connectivity index (χ1n) is 37.7. The molecule has 10 atom stereocenters. The number of fused-ring (bicyclic) bond motifs is 2. The van der Waals surface area contributed by atoms with Gasteiger partial charge in [-0.05, 0) is 173 Å². The topological polar surface area (TPSA) is 350 Å². The van der Waals surface area contributed by atoms with Crippen molar-refractivity contribution in [3.8, 4) is 0 Å². The molecule has 3 aliphatic rings. The van der Waals surface area contributed by atoms with Crippen LogP contribution < -0.4 is 53.2 Å². The summed E-state index contributed by atoms with van der Waals surface area (Å²) in [5, 5.41) is 34.4. The van der Waals surface area contributed by atoms with Gasteiger partial charge >= 0.3 is 12.2 Å².